The Morgan fingerprint density at radius 3 is 2.81 bits per heavy atom. The van der Waals surface area contributed by atoms with Crippen LogP contribution in [0.1, 0.15) is 32.4 Å². The Balaban J connectivity index is 2.23. The number of benzene rings is 1. The van der Waals surface area contributed by atoms with Crippen molar-refractivity contribution >= 4 is 17.3 Å². The predicted molar refractivity (Wildman–Crippen MR) is 87.2 cm³/mol. The lowest BCUT2D eigenvalue weighted by atomic mass is 10.0. The molecular formula is C16H25ClN2O2. The van der Waals surface area contributed by atoms with E-state index in [2.05, 4.69) is 29.3 Å². The molecule has 0 saturated carbocycles. The number of hydrogen-bond donors (Lipinski definition) is 2. The van der Waals surface area contributed by atoms with Crippen LogP contribution in [0, 0.1) is 0 Å². The molecule has 0 radical (unpaired) electrons. The second-order valence-electron chi connectivity index (χ2n) is 6.28. The van der Waals surface area contributed by atoms with Crippen LogP contribution in [0.15, 0.2) is 18.2 Å². The van der Waals surface area contributed by atoms with E-state index in [-0.39, 0.29) is 24.4 Å². The van der Waals surface area contributed by atoms with Gasteiger partial charge in [0.05, 0.1) is 18.3 Å². The monoisotopic (exact) mass is 312 g/mol. The summed E-state index contributed by atoms with van der Waals surface area (Å²) >= 11 is 6.42. The zero-order valence-corrected chi connectivity index (χ0v) is 13.9. The van der Waals surface area contributed by atoms with Crippen molar-refractivity contribution in [2.24, 2.45) is 0 Å². The Labute approximate surface area is 132 Å². The van der Waals surface area contributed by atoms with E-state index in [0.717, 1.165) is 22.8 Å². The van der Waals surface area contributed by atoms with Gasteiger partial charge >= 0.3 is 0 Å². The topological polar surface area (TPSA) is 44.7 Å². The molecule has 2 atom stereocenters. The van der Waals surface area contributed by atoms with Crippen molar-refractivity contribution in [1.29, 1.82) is 0 Å². The number of ether oxygens (including phenoxy) is 1. The van der Waals surface area contributed by atoms with E-state index in [1.165, 1.54) is 0 Å². The van der Waals surface area contributed by atoms with Crippen molar-refractivity contribution in [3.8, 4) is 0 Å². The molecule has 1 aliphatic heterocycles. The number of morpholine rings is 1. The number of hydrogen-bond acceptors (Lipinski definition) is 4. The van der Waals surface area contributed by atoms with Gasteiger partial charge in [-0.25, -0.2) is 0 Å². The Morgan fingerprint density at radius 1 is 1.52 bits per heavy atom. The van der Waals surface area contributed by atoms with Gasteiger partial charge in [0.25, 0.3) is 0 Å². The lowest BCUT2D eigenvalue weighted by molar-refractivity contribution is -0.101. The number of nitrogens with one attached hydrogen (secondary N) is 1. The van der Waals surface area contributed by atoms with Crippen LogP contribution in [-0.2, 0) is 4.74 Å². The molecule has 1 aromatic carbocycles. The van der Waals surface area contributed by atoms with Crippen LogP contribution < -0.4 is 10.2 Å². The molecule has 118 valence electrons. The van der Waals surface area contributed by atoms with Gasteiger partial charge in [-0.15, -0.1) is 0 Å². The number of anilines is 1. The number of halogens is 1. The highest BCUT2D eigenvalue weighted by molar-refractivity contribution is 6.31. The minimum Gasteiger partial charge on any atom is -0.394 e. The Morgan fingerprint density at radius 2 is 2.24 bits per heavy atom. The summed E-state index contributed by atoms with van der Waals surface area (Å²) in [6.45, 7) is 7.66. The third-order valence-corrected chi connectivity index (χ3v) is 4.26. The molecular weight excluding hydrogens is 288 g/mol. The van der Waals surface area contributed by atoms with Gasteiger partial charge in [-0.1, -0.05) is 17.7 Å². The quantitative estimate of drug-likeness (QED) is 0.897. The molecule has 0 amide bonds. The number of aliphatic hydroxyl groups excluding tert-OH is 1. The van der Waals surface area contributed by atoms with Crippen LogP contribution >= 0.6 is 11.6 Å². The van der Waals surface area contributed by atoms with Gasteiger partial charge < -0.3 is 20.1 Å². The first-order chi connectivity index (χ1) is 9.86. The van der Waals surface area contributed by atoms with Crippen LogP contribution in [0.5, 0.6) is 0 Å². The van der Waals surface area contributed by atoms with Gasteiger partial charge in [-0.2, -0.15) is 0 Å². The lowest BCUT2D eigenvalue weighted by Gasteiger charge is -2.43. The highest BCUT2D eigenvalue weighted by atomic mass is 35.5. The molecule has 4 nitrogen and oxygen atoms in total. The molecule has 21 heavy (non-hydrogen) atoms. The molecule has 5 heteroatoms. The van der Waals surface area contributed by atoms with E-state index in [0.29, 0.717) is 6.54 Å². The molecule has 2 unspecified atom stereocenters. The Kier molecular flexibility index (Phi) is 5.15. The summed E-state index contributed by atoms with van der Waals surface area (Å²) in [5, 5.41) is 13.4. The van der Waals surface area contributed by atoms with Crippen LogP contribution in [0.3, 0.4) is 0 Å². The molecule has 1 saturated heterocycles. The minimum atomic E-state index is -0.283. The summed E-state index contributed by atoms with van der Waals surface area (Å²) < 4.78 is 5.85. The van der Waals surface area contributed by atoms with Crippen molar-refractivity contribution in [2.45, 2.75) is 38.5 Å². The van der Waals surface area contributed by atoms with Crippen molar-refractivity contribution in [3.63, 3.8) is 0 Å². The fraction of sp³-hybridized carbons (Fsp3) is 0.625. The maximum Gasteiger partial charge on any atom is 0.0988 e. The van der Waals surface area contributed by atoms with Gasteiger partial charge in [-0.3, -0.25) is 0 Å². The summed E-state index contributed by atoms with van der Waals surface area (Å²) in [4.78, 5) is 2.23. The molecule has 0 bridgehead atoms. The first-order valence-electron chi connectivity index (χ1n) is 7.36. The second kappa shape index (κ2) is 6.53. The third-order valence-electron chi connectivity index (χ3n) is 3.93. The Bertz CT molecular complexity index is 493. The van der Waals surface area contributed by atoms with E-state index in [1.54, 1.807) is 0 Å². The van der Waals surface area contributed by atoms with E-state index < -0.39 is 0 Å². The van der Waals surface area contributed by atoms with Gasteiger partial charge in [0.2, 0.25) is 0 Å². The molecule has 2 N–H and O–H groups in total. The van der Waals surface area contributed by atoms with Gasteiger partial charge in [0.15, 0.2) is 0 Å². The zero-order chi connectivity index (χ0) is 15.6. The van der Waals surface area contributed by atoms with Crippen molar-refractivity contribution in [1.82, 2.24) is 5.32 Å². The maximum atomic E-state index is 9.41. The van der Waals surface area contributed by atoms with Crippen molar-refractivity contribution < 1.29 is 9.84 Å². The van der Waals surface area contributed by atoms with E-state index in [9.17, 15) is 5.11 Å². The summed E-state index contributed by atoms with van der Waals surface area (Å²) in [5.41, 5.74) is 1.88. The highest BCUT2D eigenvalue weighted by Crippen LogP contribution is 2.31. The molecule has 1 fully saturated rings. The molecule has 0 aromatic heterocycles. The van der Waals surface area contributed by atoms with Crippen LogP contribution in [0.4, 0.5) is 5.69 Å². The van der Waals surface area contributed by atoms with Gasteiger partial charge in [-0.05, 0) is 45.5 Å². The van der Waals surface area contributed by atoms with Crippen LogP contribution in [0.25, 0.3) is 0 Å². The smallest absolute Gasteiger partial charge is 0.0988 e. The number of nitrogens with zero attached hydrogens (tertiary/aromatic N) is 1. The minimum absolute atomic E-state index is 0.0303. The zero-order valence-electron chi connectivity index (χ0n) is 13.2. The first kappa shape index (κ1) is 16.6. The fourth-order valence-corrected chi connectivity index (χ4v) is 3.15. The highest BCUT2D eigenvalue weighted by Gasteiger charge is 2.33. The molecule has 1 aliphatic rings. The standard InChI is InChI=1S/C16H25ClN2O2/c1-11(18-4)14-6-5-12(7-15(14)17)19-8-13(9-20)21-16(2,3)10-19/h5-7,11,13,18,20H,8-10H2,1-4H3. The lowest BCUT2D eigenvalue weighted by Crippen LogP contribution is -2.54. The third kappa shape index (κ3) is 3.89. The molecule has 0 spiro atoms. The first-order valence-corrected chi connectivity index (χ1v) is 7.74. The van der Waals surface area contributed by atoms with Gasteiger partial charge in [0, 0.05) is 29.8 Å². The summed E-state index contributed by atoms with van der Waals surface area (Å²) in [6, 6.07) is 6.37. The second-order valence-corrected chi connectivity index (χ2v) is 6.69. The molecule has 1 aromatic rings. The van der Waals surface area contributed by atoms with Crippen molar-refractivity contribution in [3.05, 3.63) is 28.8 Å². The predicted octanol–water partition coefficient (Wildman–Crippen LogP) is 2.60. The molecule has 2 rings (SSSR count). The van der Waals surface area contributed by atoms with E-state index >= 15 is 0 Å². The Hall–Kier alpha value is -0.810. The maximum absolute atomic E-state index is 9.41. The normalized spacial score (nSPS) is 23.1. The van der Waals surface area contributed by atoms with Gasteiger partial charge in [0.1, 0.15) is 0 Å². The number of rotatable bonds is 4. The van der Waals surface area contributed by atoms with E-state index in [4.69, 9.17) is 16.3 Å². The molecule has 1 heterocycles. The molecule has 0 aliphatic carbocycles. The summed E-state index contributed by atoms with van der Waals surface area (Å²) in [5.74, 6) is 0. The van der Waals surface area contributed by atoms with E-state index in [1.807, 2.05) is 27.0 Å². The SMILES string of the molecule is CNC(C)c1ccc(N2CC(CO)OC(C)(C)C2)cc1Cl. The van der Waals surface area contributed by atoms with Crippen LogP contribution in [0.2, 0.25) is 5.02 Å². The average molecular weight is 313 g/mol. The average Bonchev–Trinajstić information content (AvgIpc) is 2.44. The number of aliphatic hydroxyl groups is 1. The summed E-state index contributed by atoms with van der Waals surface area (Å²) in [7, 11) is 1.92. The summed E-state index contributed by atoms with van der Waals surface area (Å²) in [6.07, 6.45) is -0.163. The largest absolute Gasteiger partial charge is 0.394 e. The fourth-order valence-electron chi connectivity index (χ4n) is 2.81. The van der Waals surface area contributed by atoms with Crippen LogP contribution in [-0.4, -0.2) is 43.6 Å². The van der Waals surface area contributed by atoms with Crippen molar-refractivity contribution in [2.75, 3.05) is 31.6 Å².